The van der Waals surface area contributed by atoms with Crippen LogP contribution in [0.4, 0.5) is 0 Å². The van der Waals surface area contributed by atoms with Gasteiger partial charge in [0, 0.05) is 25.3 Å². The summed E-state index contributed by atoms with van der Waals surface area (Å²) in [7, 11) is 1.62. The SMILES string of the molecule is COCCNC(=O)C1CSCN1. The lowest BCUT2D eigenvalue weighted by atomic mass is 10.3. The summed E-state index contributed by atoms with van der Waals surface area (Å²) in [4.78, 5) is 11.3. The van der Waals surface area contributed by atoms with E-state index in [0.717, 1.165) is 11.6 Å². The summed E-state index contributed by atoms with van der Waals surface area (Å²) in [6.45, 7) is 1.17. The third kappa shape index (κ3) is 3.00. The number of hydrogen-bond acceptors (Lipinski definition) is 4. The number of hydrogen-bond donors (Lipinski definition) is 2. The molecule has 0 aromatic carbocycles. The molecule has 1 amide bonds. The van der Waals surface area contributed by atoms with E-state index in [0.29, 0.717) is 13.2 Å². The fourth-order valence-electron chi connectivity index (χ4n) is 0.963. The minimum atomic E-state index is -0.00754. The van der Waals surface area contributed by atoms with Gasteiger partial charge in [0.25, 0.3) is 0 Å². The van der Waals surface area contributed by atoms with Crippen LogP contribution in [0.2, 0.25) is 0 Å². The summed E-state index contributed by atoms with van der Waals surface area (Å²) in [5, 5.41) is 5.88. The van der Waals surface area contributed by atoms with Crippen molar-refractivity contribution in [2.45, 2.75) is 6.04 Å². The van der Waals surface area contributed by atoms with Crippen molar-refractivity contribution in [3.05, 3.63) is 0 Å². The minimum absolute atomic E-state index is 0.00754. The van der Waals surface area contributed by atoms with E-state index in [9.17, 15) is 4.79 Å². The highest BCUT2D eigenvalue weighted by molar-refractivity contribution is 7.99. The molecule has 1 unspecified atom stereocenters. The van der Waals surface area contributed by atoms with E-state index >= 15 is 0 Å². The van der Waals surface area contributed by atoms with E-state index in [-0.39, 0.29) is 11.9 Å². The molecule has 0 aromatic rings. The molecule has 1 aliphatic heterocycles. The van der Waals surface area contributed by atoms with Crippen LogP contribution in [0.3, 0.4) is 0 Å². The van der Waals surface area contributed by atoms with Crippen molar-refractivity contribution in [1.82, 2.24) is 10.6 Å². The Balaban J connectivity index is 2.10. The first-order chi connectivity index (χ1) is 5.84. The van der Waals surface area contributed by atoms with Gasteiger partial charge in [0.15, 0.2) is 0 Å². The average Bonchev–Trinajstić information content (AvgIpc) is 2.56. The summed E-state index contributed by atoms with van der Waals surface area (Å²) < 4.78 is 4.81. The molecule has 1 heterocycles. The van der Waals surface area contributed by atoms with Crippen molar-refractivity contribution >= 4 is 17.7 Å². The second-order valence-corrected chi connectivity index (χ2v) is 3.59. The minimum Gasteiger partial charge on any atom is -0.383 e. The molecule has 1 rings (SSSR count). The highest BCUT2D eigenvalue weighted by Gasteiger charge is 2.21. The van der Waals surface area contributed by atoms with Crippen LogP contribution in [0.15, 0.2) is 0 Å². The number of ether oxygens (including phenoxy) is 1. The van der Waals surface area contributed by atoms with Gasteiger partial charge in [-0.3, -0.25) is 10.1 Å². The van der Waals surface area contributed by atoms with E-state index in [1.54, 1.807) is 18.9 Å². The number of methoxy groups -OCH3 is 1. The van der Waals surface area contributed by atoms with Crippen LogP contribution >= 0.6 is 11.8 Å². The maximum absolute atomic E-state index is 11.3. The van der Waals surface area contributed by atoms with E-state index < -0.39 is 0 Å². The van der Waals surface area contributed by atoms with E-state index in [1.807, 2.05) is 0 Å². The summed E-state index contributed by atoms with van der Waals surface area (Å²) in [5.74, 6) is 1.83. The van der Waals surface area contributed by atoms with Crippen LogP contribution in [-0.4, -0.2) is 43.8 Å². The topological polar surface area (TPSA) is 50.4 Å². The Kier molecular flexibility index (Phi) is 4.42. The smallest absolute Gasteiger partial charge is 0.238 e. The summed E-state index contributed by atoms with van der Waals surface area (Å²) >= 11 is 1.75. The van der Waals surface area contributed by atoms with Gasteiger partial charge >= 0.3 is 0 Å². The molecule has 1 atom stereocenters. The van der Waals surface area contributed by atoms with Crippen molar-refractivity contribution in [3.63, 3.8) is 0 Å². The molecule has 2 N–H and O–H groups in total. The number of carbonyl (C=O) groups excluding carboxylic acids is 1. The Labute approximate surface area is 76.4 Å². The monoisotopic (exact) mass is 190 g/mol. The molecule has 0 radical (unpaired) electrons. The van der Waals surface area contributed by atoms with Crippen LogP contribution in [0.25, 0.3) is 0 Å². The fraction of sp³-hybridized carbons (Fsp3) is 0.857. The van der Waals surface area contributed by atoms with Crippen molar-refractivity contribution in [2.24, 2.45) is 0 Å². The van der Waals surface area contributed by atoms with Crippen LogP contribution in [0.5, 0.6) is 0 Å². The lowest BCUT2D eigenvalue weighted by Crippen LogP contribution is -2.43. The Morgan fingerprint density at radius 1 is 1.83 bits per heavy atom. The molecule has 1 fully saturated rings. The number of amides is 1. The molecule has 0 aliphatic carbocycles. The quantitative estimate of drug-likeness (QED) is 0.582. The number of thioether (sulfide) groups is 1. The first-order valence-electron chi connectivity index (χ1n) is 3.92. The second kappa shape index (κ2) is 5.40. The standard InChI is InChI=1S/C7H14N2O2S/c1-11-3-2-8-7(10)6-4-12-5-9-6/h6,9H,2-5H2,1H3,(H,8,10). The maximum atomic E-state index is 11.3. The normalized spacial score (nSPS) is 22.6. The molecular formula is C7H14N2O2S. The highest BCUT2D eigenvalue weighted by Crippen LogP contribution is 2.08. The highest BCUT2D eigenvalue weighted by atomic mass is 32.2. The molecule has 5 heteroatoms. The molecule has 1 aliphatic rings. The van der Waals surface area contributed by atoms with E-state index in [2.05, 4.69) is 10.6 Å². The molecular weight excluding hydrogens is 176 g/mol. The van der Waals surface area contributed by atoms with Crippen molar-refractivity contribution in [2.75, 3.05) is 31.9 Å². The van der Waals surface area contributed by atoms with Gasteiger partial charge in [-0.2, -0.15) is 0 Å². The van der Waals surface area contributed by atoms with Gasteiger partial charge in [0.1, 0.15) is 0 Å². The molecule has 70 valence electrons. The molecule has 0 saturated carbocycles. The lowest BCUT2D eigenvalue weighted by molar-refractivity contribution is -0.122. The fourth-order valence-corrected chi connectivity index (χ4v) is 1.90. The Morgan fingerprint density at radius 2 is 2.67 bits per heavy atom. The van der Waals surface area contributed by atoms with Gasteiger partial charge in [0.2, 0.25) is 5.91 Å². The van der Waals surface area contributed by atoms with Gasteiger partial charge in [0.05, 0.1) is 12.6 Å². The lowest BCUT2D eigenvalue weighted by Gasteiger charge is -2.09. The zero-order valence-electron chi connectivity index (χ0n) is 7.13. The summed E-state index contributed by atoms with van der Waals surface area (Å²) in [6, 6.07) is -0.00754. The van der Waals surface area contributed by atoms with Crippen LogP contribution in [0.1, 0.15) is 0 Å². The Hall–Kier alpha value is -0.260. The van der Waals surface area contributed by atoms with Gasteiger partial charge in [-0.25, -0.2) is 0 Å². The number of carbonyl (C=O) groups is 1. The molecule has 0 bridgehead atoms. The summed E-state index contributed by atoms with van der Waals surface area (Å²) in [5.41, 5.74) is 0. The van der Waals surface area contributed by atoms with E-state index in [4.69, 9.17) is 4.74 Å². The van der Waals surface area contributed by atoms with Gasteiger partial charge in [-0.1, -0.05) is 0 Å². The molecule has 1 saturated heterocycles. The Bertz CT molecular complexity index is 148. The van der Waals surface area contributed by atoms with Crippen molar-refractivity contribution in [1.29, 1.82) is 0 Å². The van der Waals surface area contributed by atoms with Crippen molar-refractivity contribution < 1.29 is 9.53 Å². The van der Waals surface area contributed by atoms with Gasteiger partial charge < -0.3 is 10.1 Å². The largest absolute Gasteiger partial charge is 0.383 e. The predicted molar refractivity (Wildman–Crippen MR) is 49.1 cm³/mol. The van der Waals surface area contributed by atoms with Crippen molar-refractivity contribution in [3.8, 4) is 0 Å². The predicted octanol–water partition coefficient (Wildman–Crippen LogP) is -0.588. The average molecular weight is 190 g/mol. The molecule has 0 spiro atoms. The third-order valence-corrected chi connectivity index (χ3v) is 2.58. The molecule has 0 aromatic heterocycles. The Morgan fingerprint density at radius 3 is 3.25 bits per heavy atom. The maximum Gasteiger partial charge on any atom is 0.238 e. The zero-order valence-corrected chi connectivity index (χ0v) is 7.95. The van der Waals surface area contributed by atoms with Gasteiger partial charge in [-0.15, -0.1) is 11.8 Å². The van der Waals surface area contributed by atoms with Crippen LogP contribution in [-0.2, 0) is 9.53 Å². The molecule has 12 heavy (non-hydrogen) atoms. The number of rotatable bonds is 4. The number of nitrogens with one attached hydrogen (secondary N) is 2. The third-order valence-electron chi connectivity index (χ3n) is 1.64. The van der Waals surface area contributed by atoms with Gasteiger partial charge in [-0.05, 0) is 0 Å². The van der Waals surface area contributed by atoms with E-state index in [1.165, 1.54) is 0 Å². The second-order valence-electron chi connectivity index (χ2n) is 2.56. The first-order valence-corrected chi connectivity index (χ1v) is 5.08. The molecule has 4 nitrogen and oxygen atoms in total. The van der Waals surface area contributed by atoms with Crippen LogP contribution in [0, 0.1) is 0 Å². The summed E-state index contributed by atoms with van der Waals surface area (Å²) in [6.07, 6.45) is 0. The zero-order chi connectivity index (χ0) is 8.81. The first kappa shape index (κ1) is 9.83. The van der Waals surface area contributed by atoms with Crippen LogP contribution < -0.4 is 10.6 Å².